The number of hydrazone groups is 1. The van der Waals surface area contributed by atoms with Gasteiger partial charge in [-0.2, -0.15) is 23.3 Å². The number of carbonyl (C=O) groups excluding carboxylic acids is 1. The Bertz CT molecular complexity index is 763. The first-order valence-electron chi connectivity index (χ1n) is 8.11. The van der Waals surface area contributed by atoms with Crippen LogP contribution in [0.15, 0.2) is 29.4 Å². The van der Waals surface area contributed by atoms with Crippen molar-refractivity contribution in [1.29, 1.82) is 0 Å². The van der Waals surface area contributed by atoms with Gasteiger partial charge in [-0.1, -0.05) is 12.8 Å². The Balaban J connectivity index is 2.00. The number of benzene rings is 1. The van der Waals surface area contributed by atoms with Gasteiger partial charge in [-0.05, 0) is 31.4 Å². The summed E-state index contributed by atoms with van der Waals surface area (Å²) in [7, 11) is 0. The zero-order valence-electron chi connectivity index (χ0n) is 13.6. The van der Waals surface area contributed by atoms with Crippen molar-refractivity contribution in [3.8, 4) is 0 Å². The van der Waals surface area contributed by atoms with E-state index in [1.54, 1.807) is 0 Å². The molecule has 0 radical (unpaired) electrons. The Morgan fingerprint density at radius 3 is 2.50 bits per heavy atom. The van der Waals surface area contributed by atoms with E-state index in [9.17, 15) is 33.2 Å². The zero-order valence-corrected chi connectivity index (χ0v) is 13.6. The quantitative estimate of drug-likeness (QED) is 0.638. The lowest BCUT2D eigenvalue weighted by molar-refractivity contribution is -0.384. The normalized spacial score (nSPS) is 26.1. The van der Waals surface area contributed by atoms with Crippen LogP contribution in [-0.2, 0) is 0 Å². The van der Waals surface area contributed by atoms with Gasteiger partial charge in [0.2, 0.25) is 0 Å². The first-order valence-corrected chi connectivity index (χ1v) is 8.11. The molecule has 1 aromatic carbocycles. The molecule has 1 heterocycles. The third-order valence-corrected chi connectivity index (χ3v) is 4.80. The average Bonchev–Trinajstić information content (AvgIpc) is 2.74. The smallest absolute Gasteiger partial charge is 0.362 e. The molecule has 0 saturated heterocycles. The number of halogens is 3. The van der Waals surface area contributed by atoms with E-state index in [2.05, 4.69) is 5.10 Å². The van der Waals surface area contributed by atoms with Gasteiger partial charge >= 0.3 is 6.18 Å². The first kappa shape index (κ1) is 18.3. The lowest BCUT2D eigenvalue weighted by Gasteiger charge is -2.37. The molecule has 1 fully saturated rings. The predicted octanol–water partition coefficient (Wildman–Crippen LogP) is 3.24. The third-order valence-electron chi connectivity index (χ3n) is 4.80. The van der Waals surface area contributed by atoms with Gasteiger partial charge in [0.15, 0.2) is 0 Å². The number of hydrogen-bond acceptors (Lipinski definition) is 5. The van der Waals surface area contributed by atoms with Crippen molar-refractivity contribution >= 4 is 17.3 Å². The number of nitro groups is 1. The van der Waals surface area contributed by atoms with Crippen LogP contribution < -0.4 is 0 Å². The number of fused-ring (bicyclic) bond motifs is 1. The van der Waals surface area contributed by atoms with E-state index in [4.69, 9.17) is 0 Å². The molecule has 26 heavy (non-hydrogen) atoms. The van der Waals surface area contributed by atoms with Crippen LogP contribution in [0.25, 0.3) is 0 Å². The lowest BCUT2D eigenvalue weighted by atomic mass is 9.87. The molecule has 0 aromatic heterocycles. The highest BCUT2D eigenvalue weighted by molar-refractivity contribution is 5.99. The molecule has 1 aromatic rings. The minimum atomic E-state index is -5.09. The highest BCUT2D eigenvalue weighted by Gasteiger charge is 2.68. The van der Waals surface area contributed by atoms with Gasteiger partial charge in [0.05, 0.1) is 10.8 Å². The molecule has 0 spiro atoms. The largest absolute Gasteiger partial charge is 0.439 e. The number of alkyl halides is 3. The summed E-state index contributed by atoms with van der Waals surface area (Å²) in [5.74, 6) is -2.45. The van der Waals surface area contributed by atoms with E-state index in [-0.39, 0.29) is 34.8 Å². The number of aliphatic hydroxyl groups is 1. The summed E-state index contributed by atoms with van der Waals surface area (Å²) in [4.78, 5) is 22.6. The second kappa shape index (κ2) is 6.35. The van der Waals surface area contributed by atoms with Crippen LogP contribution in [0.1, 0.15) is 42.5 Å². The van der Waals surface area contributed by atoms with Crippen molar-refractivity contribution < 1.29 is 28.0 Å². The van der Waals surface area contributed by atoms with E-state index in [1.807, 2.05) is 0 Å². The molecule has 3 rings (SSSR count). The highest BCUT2D eigenvalue weighted by Crippen LogP contribution is 2.48. The fraction of sp³-hybridized carbons (Fsp3) is 0.500. The molecule has 0 bridgehead atoms. The lowest BCUT2D eigenvalue weighted by Crippen LogP contribution is -2.61. The SMILES string of the molecule is O=C(c1ccc([N+](=O)[O-])cc1)N1N=C2CCCCC[C@@H]2[C@]1(O)C(F)(F)F. The van der Waals surface area contributed by atoms with Gasteiger partial charge in [0, 0.05) is 23.4 Å². The maximum atomic E-state index is 13.7. The van der Waals surface area contributed by atoms with Crippen molar-refractivity contribution in [2.24, 2.45) is 11.0 Å². The molecule has 140 valence electrons. The van der Waals surface area contributed by atoms with Crippen LogP contribution >= 0.6 is 0 Å². The van der Waals surface area contributed by atoms with Crippen molar-refractivity contribution in [3.05, 3.63) is 39.9 Å². The summed E-state index contributed by atoms with van der Waals surface area (Å²) in [5.41, 5.74) is -3.77. The van der Waals surface area contributed by atoms with Gasteiger partial charge in [-0.15, -0.1) is 0 Å². The molecule has 1 N–H and O–H groups in total. The Morgan fingerprint density at radius 2 is 1.92 bits per heavy atom. The van der Waals surface area contributed by atoms with E-state index in [1.165, 1.54) is 0 Å². The molecule has 2 aliphatic rings. The number of nitrogens with zero attached hydrogens (tertiary/aromatic N) is 3. The maximum absolute atomic E-state index is 13.7. The summed E-state index contributed by atoms with van der Waals surface area (Å²) in [6.07, 6.45) is -2.85. The minimum Gasteiger partial charge on any atom is -0.362 e. The molecule has 7 nitrogen and oxygen atoms in total. The van der Waals surface area contributed by atoms with Crippen LogP contribution in [0.5, 0.6) is 0 Å². The summed E-state index contributed by atoms with van der Waals surface area (Å²) >= 11 is 0. The highest BCUT2D eigenvalue weighted by atomic mass is 19.4. The predicted molar refractivity (Wildman–Crippen MR) is 84.3 cm³/mol. The number of carbonyl (C=O) groups is 1. The topological polar surface area (TPSA) is 96.0 Å². The Labute approximate surface area is 146 Å². The molecule has 1 aliphatic heterocycles. The van der Waals surface area contributed by atoms with Gasteiger partial charge in [0.1, 0.15) is 0 Å². The summed E-state index contributed by atoms with van der Waals surface area (Å²) < 4.78 is 41.2. The molecule has 1 saturated carbocycles. The summed E-state index contributed by atoms with van der Waals surface area (Å²) in [6, 6.07) is 4.12. The number of hydrogen-bond donors (Lipinski definition) is 1. The number of non-ortho nitro benzene ring substituents is 1. The standard InChI is InChI=1S/C16H16F3N3O4/c17-16(18,19)15(24)12-4-2-1-3-5-13(12)20-21(15)14(23)10-6-8-11(9-7-10)22(25)26/h6-9,12,24H,1-5H2/t12-,15-/m0/s1. The molecule has 0 unspecified atom stereocenters. The minimum absolute atomic E-state index is 0.0822. The Morgan fingerprint density at radius 1 is 1.27 bits per heavy atom. The second-order valence-corrected chi connectivity index (χ2v) is 6.39. The summed E-state index contributed by atoms with van der Waals surface area (Å²) in [5, 5.41) is 25.1. The van der Waals surface area contributed by atoms with E-state index < -0.39 is 28.6 Å². The van der Waals surface area contributed by atoms with Gasteiger partial charge in [0.25, 0.3) is 17.3 Å². The molecule has 10 heteroatoms. The monoisotopic (exact) mass is 371 g/mol. The zero-order chi connectivity index (χ0) is 19.1. The molecule has 2 atom stereocenters. The van der Waals surface area contributed by atoms with Crippen molar-refractivity contribution in [2.45, 2.75) is 44.0 Å². The number of rotatable bonds is 2. The Kier molecular flexibility index (Phi) is 4.47. The van der Waals surface area contributed by atoms with Crippen LogP contribution in [0.3, 0.4) is 0 Å². The second-order valence-electron chi connectivity index (χ2n) is 6.39. The van der Waals surface area contributed by atoms with Crippen LogP contribution in [-0.4, -0.2) is 38.6 Å². The van der Waals surface area contributed by atoms with Gasteiger partial charge < -0.3 is 5.11 Å². The molecular weight excluding hydrogens is 355 g/mol. The van der Waals surface area contributed by atoms with Crippen LogP contribution in [0.4, 0.5) is 18.9 Å². The van der Waals surface area contributed by atoms with Crippen molar-refractivity contribution in [1.82, 2.24) is 5.01 Å². The Hall–Kier alpha value is -2.49. The van der Waals surface area contributed by atoms with Gasteiger partial charge in [-0.25, -0.2) is 0 Å². The average molecular weight is 371 g/mol. The summed E-state index contributed by atoms with van der Waals surface area (Å²) in [6.45, 7) is 0. The molecule has 1 amide bonds. The van der Waals surface area contributed by atoms with Crippen LogP contribution in [0, 0.1) is 16.0 Å². The van der Waals surface area contributed by atoms with E-state index in [0.29, 0.717) is 12.8 Å². The van der Waals surface area contributed by atoms with Crippen LogP contribution in [0.2, 0.25) is 0 Å². The number of nitro benzene ring substituents is 1. The fourth-order valence-corrected chi connectivity index (χ4v) is 3.44. The molecular formula is C16H16F3N3O4. The fourth-order valence-electron chi connectivity index (χ4n) is 3.44. The third kappa shape index (κ3) is 2.83. The number of amides is 1. The van der Waals surface area contributed by atoms with Crippen molar-refractivity contribution in [2.75, 3.05) is 0 Å². The van der Waals surface area contributed by atoms with Crippen molar-refractivity contribution in [3.63, 3.8) is 0 Å². The van der Waals surface area contributed by atoms with E-state index >= 15 is 0 Å². The van der Waals surface area contributed by atoms with E-state index in [0.717, 1.165) is 30.7 Å². The maximum Gasteiger partial charge on any atom is 0.439 e. The first-order chi connectivity index (χ1) is 12.2. The van der Waals surface area contributed by atoms with Gasteiger partial charge in [-0.3, -0.25) is 14.9 Å². The molecule has 1 aliphatic carbocycles.